The molecule has 0 saturated heterocycles. The average molecular weight is 366 g/mol. The van der Waals surface area contributed by atoms with Crippen LogP contribution < -0.4 is 5.32 Å². The molecule has 27 heavy (non-hydrogen) atoms. The number of unbranched alkanes of at least 4 members (excludes halogenated alkanes) is 1. The van der Waals surface area contributed by atoms with Gasteiger partial charge in [0.1, 0.15) is 5.82 Å². The summed E-state index contributed by atoms with van der Waals surface area (Å²) in [5.41, 5.74) is 3.05. The van der Waals surface area contributed by atoms with Crippen molar-refractivity contribution < 1.29 is 9.18 Å². The van der Waals surface area contributed by atoms with Crippen molar-refractivity contribution in [3.63, 3.8) is 0 Å². The van der Waals surface area contributed by atoms with E-state index in [1.807, 2.05) is 18.2 Å². The molecule has 1 heterocycles. The Morgan fingerprint density at radius 1 is 1.15 bits per heavy atom. The number of hydrogen-bond donors (Lipinski definition) is 1. The highest BCUT2D eigenvalue weighted by Crippen LogP contribution is 2.35. The van der Waals surface area contributed by atoms with Gasteiger partial charge in [0.15, 0.2) is 0 Å². The van der Waals surface area contributed by atoms with Crippen LogP contribution in [-0.4, -0.2) is 17.0 Å². The van der Waals surface area contributed by atoms with E-state index in [0.717, 1.165) is 41.4 Å². The third-order valence-electron chi connectivity index (χ3n) is 5.03. The van der Waals surface area contributed by atoms with E-state index in [2.05, 4.69) is 42.1 Å². The Morgan fingerprint density at radius 3 is 2.70 bits per heavy atom. The maximum Gasteiger partial charge on any atom is 0.220 e. The van der Waals surface area contributed by atoms with Crippen LogP contribution in [0.25, 0.3) is 10.9 Å². The molecule has 1 amide bonds. The van der Waals surface area contributed by atoms with E-state index in [-0.39, 0.29) is 17.6 Å². The summed E-state index contributed by atoms with van der Waals surface area (Å²) < 4.78 is 16.1. The number of aromatic nitrogens is 1. The second-order valence-electron chi connectivity index (χ2n) is 6.90. The molecule has 1 aromatic heterocycles. The molecule has 0 aliphatic heterocycles. The predicted octanol–water partition coefficient (Wildman–Crippen LogP) is 5.24. The van der Waals surface area contributed by atoms with Crippen molar-refractivity contribution in [1.82, 2.24) is 9.88 Å². The molecule has 3 nitrogen and oxygen atoms in total. The number of rotatable bonds is 8. The molecule has 0 bridgehead atoms. The Morgan fingerprint density at radius 2 is 1.96 bits per heavy atom. The molecule has 3 aromatic rings. The second-order valence-corrected chi connectivity index (χ2v) is 6.90. The summed E-state index contributed by atoms with van der Waals surface area (Å²) in [4.78, 5) is 12.6. The molecule has 0 aliphatic carbocycles. The summed E-state index contributed by atoms with van der Waals surface area (Å²) in [5, 5.41) is 4.12. The first-order valence-electron chi connectivity index (χ1n) is 9.74. The van der Waals surface area contributed by atoms with Crippen molar-refractivity contribution in [2.75, 3.05) is 6.54 Å². The molecule has 1 atom stereocenters. The first kappa shape index (κ1) is 19.2. The quantitative estimate of drug-likeness (QED) is 0.544. The van der Waals surface area contributed by atoms with Gasteiger partial charge in [0.05, 0.1) is 0 Å². The minimum atomic E-state index is -0.275. The number of amides is 1. The standard InChI is InChI=1S/C23H27FN2O/c1-3-5-13-25-23(27)15-20(17-9-8-10-18(24)14-17)21-16-26(4-2)22-12-7-6-11-19(21)22/h6-12,14,16,20H,3-5,13,15H2,1-2H3,(H,25,27). The highest BCUT2D eigenvalue weighted by atomic mass is 19.1. The van der Waals surface area contributed by atoms with Gasteiger partial charge in [-0.15, -0.1) is 0 Å². The van der Waals surface area contributed by atoms with Crippen LogP contribution in [0.2, 0.25) is 0 Å². The number of fused-ring (bicyclic) bond motifs is 1. The van der Waals surface area contributed by atoms with Crippen molar-refractivity contribution in [2.24, 2.45) is 0 Å². The third-order valence-corrected chi connectivity index (χ3v) is 5.03. The molecule has 3 rings (SSSR count). The molecule has 142 valence electrons. The lowest BCUT2D eigenvalue weighted by Gasteiger charge is -2.17. The van der Waals surface area contributed by atoms with Crippen LogP contribution in [0.15, 0.2) is 54.7 Å². The molecule has 0 spiro atoms. The molecular weight excluding hydrogens is 339 g/mol. The third kappa shape index (κ3) is 4.38. The lowest BCUT2D eigenvalue weighted by molar-refractivity contribution is -0.121. The van der Waals surface area contributed by atoms with Gasteiger partial charge in [-0.05, 0) is 42.7 Å². The van der Waals surface area contributed by atoms with E-state index in [1.54, 1.807) is 12.1 Å². The van der Waals surface area contributed by atoms with E-state index in [9.17, 15) is 9.18 Å². The number of carbonyl (C=O) groups excluding carboxylic acids is 1. The number of carbonyl (C=O) groups is 1. The summed E-state index contributed by atoms with van der Waals surface area (Å²) in [6.45, 7) is 5.73. The van der Waals surface area contributed by atoms with Crippen molar-refractivity contribution in [3.8, 4) is 0 Å². The van der Waals surface area contributed by atoms with Crippen LogP contribution in [-0.2, 0) is 11.3 Å². The van der Waals surface area contributed by atoms with Gasteiger partial charge in [-0.25, -0.2) is 4.39 Å². The molecular formula is C23H27FN2O. The summed E-state index contributed by atoms with van der Waals surface area (Å²) in [6.07, 6.45) is 4.42. The smallest absolute Gasteiger partial charge is 0.220 e. The van der Waals surface area contributed by atoms with E-state index in [1.165, 1.54) is 6.07 Å². The average Bonchev–Trinajstić information content (AvgIpc) is 3.05. The number of nitrogens with zero attached hydrogens (tertiary/aromatic N) is 1. The van der Waals surface area contributed by atoms with Crippen LogP contribution in [0, 0.1) is 5.82 Å². The van der Waals surface area contributed by atoms with Crippen LogP contribution in [0.5, 0.6) is 0 Å². The van der Waals surface area contributed by atoms with Crippen LogP contribution in [0.4, 0.5) is 4.39 Å². The van der Waals surface area contributed by atoms with Crippen LogP contribution in [0.3, 0.4) is 0 Å². The Bertz CT molecular complexity index is 916. The molecule has 0 saturated carbocycles. The van der Waals surface area contributed by atoms with E-state index in [4.69, 9.17) is 0 Å². The van der Waals surface area contributed by atoms with E-state index < -0.39 is 0 Å². The zero-order valence-electron chi connectivity index (χ0n) is 16.0. The number of hydrogen-bond acceptors (Lipinski definition) is 1. The monoisotopic (exact) mass is 366 g/mol. The Labute approximate surface area is 160 Å². The molecule has 0 radical (unpaired) electrons. The minimum Gasteiger partial charge on any atom is -0.356 e. The second kappa shape index (κ2) is 8.85. The van der Waals surface area contributed by atoms with Gasteiger partial charge in [0.2, 0.25) is 5.91 Å². The van der Waals surface area contributed by atoms with Gasteiger partial charge in [0, 0.05) is 42.5 Å². The van der Waals surface area contributed by atoms with Gasteiger partial charge in [-0.3, -0.25) is 4.79 Å². The summed E-state index contributed by atoms with van der Waals surface area (Å²) in [7, 11) is 0. The summed E-state index contributed by atoms with van der Waals surface area (Å²) in [6, 6.07) is 14.8. The largest absolute Gasteiger partial charge is 0.356 e. The summed E-state index contributed by atoms with van der Waals surface area (Å²) in [5.74, 6) is -0.450. The molecule has 0 fully saturated rings. The van der Waals surface area contributed by atoms with Crippen molar-refractivity contribution in [2.45, 2.75) is 45.6 Å². The van der Waals surface area contributed by atoms with E-state index in [0.29, 0.717) is 13.0 Å². The molecule has 2 aromatic carbocycles. The highest BCUT2D eigenvalue weighted by Gasteiger charge is 2.22. The number of nitrogens with one attached hydrogen (secondary N) is 1. The van der Waals surface area contributed by atoms with Gasteiger partial charge < -0.3 is 9.88 Å². The predicted molar refractivity (Wildman–Crippen MR) is 108 cm³/mol. The van der Waals surface area contributed by atoms with Gasteiger partial charge >= 0.3 is 0 Å². The minimum absolute atomic E-state index is 0.00559. The van der Waals surface area contributed by atoms with Crippen molar-refractivity contribution in [3.05, 3.63) is 71.7 Å². The first-order chi connectivity index (χ1) is 13.1. The van der Waals surface area contributed by atoms with Crippen LogP contribution >= 0.6 is 0 Å². The maximum atomic E-state index is 13.9. The molecule has 1 N–H and O–H groups in total. The number of para-hydroxylation sites is 1. The Kier molecular flexibility index (Phi) is 6.28. The Balaban J connectivity index is 2.01. The fraction of sp³-hybridized carbons (Fsp3) is 0.348. The number of aryl methyl sites for hydroxylation is 1. The van der Waals surface area contributed by atoms with Gasteiger partial charge in [0.25, 0.3) is 0 Å². The highest BCUT2D eigenvalue weighted by molar-refractivity contribution is 5.86. The summed E-state index contributed by atoms with van der Waals surface area (Å²) >= 11 is 0. The zero-order valence-corrected chi connectivity index (χ0v) is 16.0. The fourth-order valence-electron chi connectivity index (χ4n) is 3.61. The van der Waals surface area contributed by atoms with Crippen molar-refractivity contribution in [1.29, 1.82) is 0 Å². The molecule has 0 aliphatic rings. The number of benzene rings is 2. The van der Waals surface area contributed by atoms with E-state index >= 15 is 0 Å². The molecule has 1 unspecified atom stereocenters. The number of halogens is 1. The topological polar surface area (TPSA) is 34.0 Å². The first-order valence-corrected chi connectivity index (χ1v) is 9.74. The fourth-order valence-corrected chi connectivity index (χ4v) is 3.61. The van der Waals surface area contributed by atoms with Gasteiger partial charge in [-0.1, -0.05) is 43.7 Å². The van der Waals surface area contributed by atoms with Crippen molar-refractivity contribution >= 4 is 16.8 Å². The SMILES string of the molecule is CCCCNC(=O)CC(c1cccc(F)c1)c1cn(CC)c2ccccc12. The zero-order chi connectivity index (χ0) is 19.2. The Hall–Kier alpha value is -2.62. The lowest BCUT2D eigenvalue weighted by atomic mass is 9.88. The maximum absolute atomic E-state index is 13.9. The molecule has 4 heteroatoms. The normalized spacial score (nSPS) is 12.3. The van der Waals surface area contributed by atoms with Crippen LogP contribution in [0.1, 0.15) is 50.2 Å². The van der Waals surface area contributed by atoms with Gasteiger partial charge in [-0.2, -0.15) is 0 Å². The lowest BCUT2D eigenvalue weighted by Crippen LogP contribution is -2.26.